The summed E-state index contributed by atoms with van der Waals surface area (Å²) in [4.78, 5) is 11.7. The first-order valence-electron chi connectivity index (χ1n) is 5.01. The fourth-order valence-corrected chi connectivity index (χ4v) is 2.40. The zero-order valence-electron chi connectivity index (χ0n) is 8.97. The number of amides is 1. The lowest BCUT2D eigenvalue weighted by Crippen LogP contribution is -2.23. The molecular weight excluding hydrogens is 248 g/mol. The number of hydrogen-bond acceptors (Lipinski definition) is 5. The van der Waals surface area contributed by atoms with Crippen LogP contribution in [0, 0.1) is 12.8 Å². The Labute approximate surface area is 104 Å². The molecule has 1 fully saturated rings. The molecule has 0 bridgehead atoms. The van der Waals surface area contributed by atoms with Gasteiger partial charge in [-0.1, -0.05) is 11.3 Å². The van der Waals surface area contributed by atoms with Crippen molar-refractivity contribution in [3.8, 4) is 0 Å². The minimum Gasteiger partial charge on any atom is -0.328 e. The lowest BCUT2D eigenvalue weighted by Gasteiger charge is -2.07. The van der Waals surface area contributed by atoms with Gasteiger partial charge in [-0.15, -0.1) is 22.6 Å². The highest BCUT2D eigenvalue weighted by molar-refractivity contribution is 7.15. The molecule has 90 valence electrons. The second-order valence-electron chi connectivity index (χ2n) is 3.89. The molecule has 0 spiro atoms. The van der Waals surface area contributed by atoms with E-state index in [1.54, 1.807) is 0 Å². The van der Waals surface area contributed by atoms with Gasteiger partial charge in [0.2, 0.25) is 11.0 Å². The summed E-state index contributed by atoms with van der Waals surface area (Å²) < 4.78 is 0. The van der Waals surface area contributed by atoms with E-state index >= 15 is 0 Å². The lowest BCUT2D eigenvalue weighted by molar-refractivity contribution is -0.119. The van der Waals surface area contributed by atoms with Crippen molar-refractivity contribution in [1.82, 2.24) is 10.2 Å². The summed E-state index contributed by atoms with van der Waals surface area (Å²) in [6, 6.07) is 0.178. The third-order valence-electron chi connectivity index (χ3n) is 2.60. The van der Waals surface area contributed by atoms with Gasteiger partial charge in [0, 0.05) is 12.0 Å². The second-order valence-corrected chi connectivity index (χ2v) is 5.07. The highest BCUT2D eigenvalue weighted by Gasteiger charge is 2.28. The van der Waals surface area contributed by atoms with Gasteiger partial charge in [0.25, 0.3) is 0 Å². The molecule has 2 rings (SSSR count). The van der Waals surface area contributed by atoms with Crippen molar-refractivity contribution in [3.63, 3.8) is 0 Å². The van der Waals surface area contributed by atoms with Crippen LogP contribution < -0.4 is 11.1 Å². The summed E-state index contributed by atoms with van der Waals surface area (Å²) in [5.41, 5.74) is 5.76. The molecule has 2 unspecified atom stereocenters. The molecule has 0 aromatic carbocycles. The number of halogens is 1. The number of nitrogens with one attached hydrogen (secondary N) is 1. The maximum absolute atomic E-state index is 11.7. The summed E-state index contributed by atoms with van der Waals surface area (Å²) in [7, 11) is 0. The van der Waals surface area contributed by atoms with Gasteiger partial charge in [0.1, 0.15) is 5.01 Å². The van der Waals surface area contributed by atoms with E-state index in [1.165, 1.54) is 11.3 Å². The third kappa shape index (κ3) is 3.13. The molecule has 1 aromatic heterocycles. The molecule has 1 aliphatic carbocycles. The van der Waals surface area contributed by atoms with Crippen LogP contribution >= 0.6 is 23.7 Å². The van der Waals surface area contributed by atoms with Gasteiger partial charge in [0.05, 0.1) is 0 Å². The van der Waals surface area contributed by atoms with Gasteiger partial charge in [-0.25, -0.2) is 0 Å². The maximum atomic E-state index is 11.7. The Morgan fingerprint density at radius 3 is 2.75 bits per heavy atom. The lowest BCUT2D eigenvalue weighted by atomic mass is 10.1. The van der Waals surface area contributed by atoms with Crippen molar-refractivity contribution in [2.45, 2.75) is 32.2 Å². The second kappa shape index (κ2) is 5.56. The smallest absolute Gasteiger partial charge is 0.229 e. The van der Waals surface area contributed by atoms with E-state index in [-0.39, 0.29) is 30.3 Å². The Morgan fingerprint density at radius 1 is 1.50 bits per heavy atom. The molecule has 3 N–H and O–H groups in total. The van der Waals surface area contributed by atoms with Crippen LogP contribution in [0.15, 0.2) is 0 Å². The van der Waals surface area contributed by atoms with Crippen molar-refractivity contribution < 1.29 is 4.79 Å². The van der Waals surface area contributed by atoms with Gasteiger partial charge in [-0.3, -0.25) is 4.79 Å². The SMILES string of the molecule is Cc1nnc(NC(=O)C2CCC(N)C2)s1.Cl. The molecule has 7 heteroatoms. The summed E-state index contributed by atoms with van der Waals surface area (Å²) in [5, 5.41) is 11.9. The van der Waals surface area contributed by atoms with Gasteiger partial charge >= 0.3 is 0 Å². The summed E-state index contributed by atoms with van der Waals surface area (Å²) >= 11 is 1.39. The number of nitrogens with zero attached hydrogens (tertiary/aromatic N) is 2. The third-order valence-corrected chi connectivity index (χ3v) is 3.35. The first kappa shape index (κ1) is 13.3. The molecule has 16 heavy (non-hydrogen) atoms. The van der Waals surface area contributed by atoms with Crippen LogP contribution in [0.5, 0.6) is 0 Å². The van der Waals surface area contributed by atoms with Crippen molar-refractivity contribution in [1.29, 1.82) is 0 Å². The van der Waals surface area contributed by atoms with Crippen LogP contribution in [-0.4, -0.2) is 22.1 Å². The average molecular weight is 263 g/mol. The number of anilines is 1. The average Bonchev–Trinajstić information content (AvgIpc) is 2.75. The van der Waals surface area contributed by atoms with Gasteiger partial charge in [-0.05, 0) is 26.2 Å². The molecular formula is C9H15ClN4OS. The molecule has 0 saturated heterocycles. The number of carbonyl (C=O) groups is 1. The predicted octanol–water partition coefficient (Wildman–Crippen LogP) is 1.33. The monoisotopic (exact) mass is 262 g/mol. The molecule has 1 aromatic rings. The molecule has 1 heterocycles. The fraction of sp³-hybridized carbons (Fsp3) is 0.667. The maximum Gasteiger partial charge on any atom is 0.229 e. The number of rotatable bonds is 2. The van der Waals surface area contributed by atoms with E-state index in [0.717, 1.165) is 24.3 Å². The first-order chi connectivity index (χ1) is 7.15. The highest BCUT2D eigenvalue weighted by Crippen LogP contribution is 2.25. The number of carbonyl (C=O) groups excluding carboxylic acids is 1. The Bertz CT molecular complexity index is 370. The highest BCUT2D eigenvalue weighted by atomic mass is 35.5. The summed E-state index contributed by atoms with van der Waals surface area (Å²) in [6.45, 7) is 1.86. The van der Waals surface area contributed by atoms with Crippen LogP contribution in [0.2, 0.25) is 0 Å². The zero-order valence-corrected chi connectivity index (χ0v) is 10.6. The van der Waals surface area contributed by atoms with E-state index in [9.17, 15) is 4.79 Å². The van der Waals surface area contributed by atoms with E-state index < -0.39 is 0 Å². The van der Waals surface area contributed by atoms with Gasteiger partial charge in [-0.2, -0.15) is 0 Å². The molecule has 0 aliphatic heterocycles. The summed E-state index contributed by atoms with van der Waals surface area (Å²) in [6.07, 6.45) is 2.60. The van der Waals surface area contributed by atoms with E-state index in [4.69, 9.17) is 5.73 Å². The van der Waals surface area contributed by atoms with Crippen LogP contribution in [0.1, 0.15) is 24.3 Å². The van der Waals surface area contributed by atoms with Gasteiger partial charge in [0.15, 0.2) is 0 Å². The van der Waals surface area contributed by atoms with Crippen molar-refractivity contribution in [3.05, 3.63) is 5.01 Å². The number of nitrogens with two attached hydrogens (primary N) is 1. The molecule has 1 aliphatic rings. The van der Waals surface area contributed by atoms with Gasteiger partial charge < -0.3 is 11.1 Å². The largest absolute Gasteiger partial charge is 0.328 e. The molecule has 1 saturated carbocycles. The molecule has 2 atom stereocenters. The number of hydrogen-bond donors (Lipinski definition) is 2. The topological polar surface area (TPSA) is 80.9 Å². The van der Waals surface area contributed by atoms with E-state index in [2.05, 4.69) is 15.5 Å². The molecule has 0 radical (unpaired) electrons. The van der Waals surface area contributed by atoms with Crippen LogP contribution in [-0.2, 0) is 4.79 Å². The number of aryl methyl sites for hydroxylation is 1. The Balaban J connectivity index is 0.00000128. The Kier molecular flexibility index (Phi) is 4.64. The number of aromatic nitrogens is 2. The quantitative estimate of drug-likeness (QED) is 0.843. The molecule has 1 amide bonds. The Morgan fingerprint density at radius 2 is 2.25 bits per heavy atom. The van der Waals surface area contributed by atoms with Crippen LogP contribution in [0.4, 0.5) is 5.13 Å². The van der Waals surface area contributed by atoms with E-state index in [0.29, 0.717) is 5.13 Å². The fourth-order valence-electron chi connectivity index (χ4n) is 1.81. The summed E-state index contributed by atoms with van der Waals surface area (Å²) in [5.74, 6) is 0.0725. The minimum atomic E-state index is 0. The van der Waals surface area contributed by atoms with Crippen molar-refractivity contribution >= 4 is 34.8 Å². The van der Waals surface area contributed by atoms with Crippen LogP contribution in [0.25, 0.3) is 0 Å². The van der Waals surface area contributed by atoms with E-state index in [1.807, 2.05) is 6.92 Å². The zero-order chi connectivity index (χ0) is 10.8. The molecule has 5 nitrogen and oxygen atoms in total. The normalized spacial score (nSPS) is 23.9. The standard InChI is InChI=1S/C9H14N4OS.ClH/c1-5-12-13-9(15-5)11-8(14)6-2-3-7(10)4-6;/h6-7H,2-4,10H2,1H3,(H,11,13,14);1H. The first-order valence-corrected chi connectivity index (χ1v) is 5.83. The van der Waals surface area contributed by atoms with Crippen molar-refractivity contribution in [2.24, 2.45) is 11.7 Å². The van der Waals surface area contributed by atoms with Crippen molar-refractivity contribution in [2.75, 3.05) is 5.32 Å². The predicted molar refractivity (Wildman–Crippen MR) is 65.8 cm³/mol. The van der Waals surface area contributed by atoms with Crippen LogP contribution in [0.3, 0.4) is 0 Å². The Hall–Kier alpha value is -0.720. The minimum absolute atomic E-state index is 0.